The van der Waals surface area contributed by atoms with Crippen molar-refractivity contribution < 1.29 is 9.53 Å². The summed E-state index contributed by atoms with van der Waals surface area (Å²) in [4.78, 5) is 13.9. The van der Waals surface area contributed by atoms with Gasteiger partial charge in [-0.2, -0.15) is 5.26 Å². The van der Waals surface area contributed by atoms with Crippen LogP contribution in [0.25, 0.3) is 0 Å². The molecule has 1 aromatic carbocycles. The summed E-state index contributed by atoms with van der Waals surface area (Å²) in [6.07, 6.45) is 2.52. The summed E-state index contributed by atoms with van der Waals surface area (Å²) in [5.74, 6) is 0.280. The van der Waals surface area contributed by atoms with Crippen molar-refractivity contribution in [3.05, 3.63) is 29.8 Å². The average molecular weight is 273 g/mol. The molecule has 0 unspecified atom stereocenters. The Balaban J connectivity index is 1.68. The molecule has 0 aromatic heterocycles. The molecule has 0 radical (unpaired) electrons. The monoisotopic (exact) mass is 273 g/mol. The van der Waals surface area contributed by atoms with Crippen LogP contribution in [0.2, 0.25) is 0 Å². The van der Waals surface area contributed by atoms with Crippen molar-refractivity contribution in [2.45, 2.75) is 18.9 Å². The Bertz CT molecular complexity index is 506. The van der Waals surface area contributed by atoms with Crippen LogP contribution in [0.5, 0.6) is 5.75 Å². The first-order valence-corrected chi connectivity index (χ1v) is 6.79. The van der Waals surface area contributed by atoms with Gasteiger partial charge in [0.2, 0.25) is 0 Å². The SMILES string of the molecule is CN(CCNC(=O)COc1ccccc1C#N)C1CC1. The first-order valence-electron chi connectivity index (χ1n) is 6.79. The largest absolute Gasteiger partial charge is 0.482 e. The minimum atomic E-state index is -0.165. The van der Waals surface area contributed by atoms with Gasteiger partial charge in [-0.1, -0.05) is 12.1 Å². The summed E-state index contributed by atoms with van der Waals surface area (Å²) in [6, 6.07) is 9.62. The topological polar surface area (TPSA) is 65.4 Å². The van der Waals surface area contributed by atoms with E-state index in [4.69, 9.17) is 10.00 Å². The molecule has 106 valence electrons. The van der Waals surface area contributed by atoms with E-state index in [0.29, 0.717) is 23.9 Å². The van der Waals surface area contributed by atoms with E-state index in [1.54, 1.807) is 24.3 Å². The van der Waals surface area contributed by atoms with Gasteiger partial charge in [-0.05, 0) is 32.0 Å². The molecule has 1 saturated carbocycles. The molecular formula is C15H19N3O2. The van der Waals surface area contributed by atoms with E-state index in [-0.39, 0.29) is 12.5 Å². The van der Waals surface area contributed by atoms with Gasteiger partial charge in [0.05, 0.1) is 5.56 Å². The molecule has 20 heavy (non-hydrogen) atoms. The van der Waals surface area contributed by atoms with Gasteiger partial charge in [0, 0.05) is 19.1 Å². The summed E-state index contributed by atoms with van der Waals surface area (Å²) in [5, 5.41) is 11.7. The molecule has 2 rings (SSSR count). The minimum absolute atomic E-state index is 0.0637. The van der Waals surface area contributed by atoms with Crippen LogP contribution in [-0.4, -0.2) is 43.6 Å². The third-order valence-corrected chi connectivity index (χ3v) is 3.32. The quantitative estimate of drug-likeness (QED) is 0.809. The zero-order chi connectivity index (χ0) is 14.4. The Labute approximate surface area is 119 Å². The van der Waals surface area contributed by atoms with E-state index in [1.165, 1.54) is 12.8 Å². The highest BCUT2D eigenvalue weighted by molar-refractivity contribution is 5.77. The lowest BCUT2D eigenvalue weighted by atomic mass is 10.2. The van der Waals surface area contributed by atoms with Gasteiger partial charge in [0.1, 0.15) is 11.8 Å². The van der Waals surface area contributed by atoms with Crippen molar-refractivity contribution in [1.29, 1.82) is 5.26 Å². The molecule has 1 aliphatic rings. The summed E-state index contributed by atoms with van der Waals surface area (Å²) >= 11 is 0. The molecule has 5 heteroatoms. The van der Waals surface area contributed by atoms with Crippen molar-refractivity contribution in [3.8, 4) is 11.8 Å². The van der Waals surface area contributed by atoms with Gasteiger partial charge in [0.15, 0.2) is 6.61 Å². The van der Waals surface area contributed by atoms with E-state index in [0.717, 1.165) is 6.54 Å². The minimum Gasteiger partial charge on any atom is -0.482 e. The third kappa shape index (κ3) is 4.25. The van der Waals surface area contributed by atoms with Crippen molar-refractivity contribution in [2.75, 3.05) is 26.7 Å². The number of amides is 1. The van der Waals surface area contributed by atoms with E-state index < -0.39 is 0 Å². The number of nitrogens with one attached hydrogen (secondary N) is 1. The second-order valence-corrected chi connectivity index (χ2v) is 4.96. The number of nitrogens with zero attached hydrogens (tertiary/aromatic N) is 2. The maximum absolute atomic E-state index is 11.6. The molecule has 0 atom stereocenters. The highest BCUT2D eigenvalue weighted by Gasteiger charge is 2.25. The fourth-order valence-electron chi connectivity index (χ4n) is 1.95. The average Bonchev–Trinajstić information content (AvgIpc) is 3.30. The molecule has 0 spiro atoms. The Kier molecular flexibility index (Phi) is 4.97. The predicted molar refractivity (Wildman–Crippen MR) is 75.3 cm³/mol. The van der Waals surface area contributed by atoms with Crippen molar-refractivity contribution in [3.63, 3.8) is 0 Å². The van der Waals surface area contributed by atoms with Gasteiger partial charge in [-0.3, -0.25) is 4.79 Å². The number of likely N-dealkylation sites (N-methyl/N-ethyl adjacent to an activating group) is 1. The second kappa shape index (κ2) is 6.92. The van der Waals surface area contributed by atoms with Gasteiger partial charge in [-0.25, -0.2) is 0 Å². The lowest BCUT2D eigenvalue weighted by molar-refractivity contribution is -0.123. The number of hydrogen-bond donors (Lipinski definition) is 1. The predicted octanol–water partition coefficient (Wildman–Crippen LogP) is 1.15. The lowest BCUT2D eigenvalue weighted by Crippen LogP contribution is -2.36. The number of ether oxygens (including phenoxy) is 1. The van der Waals surface area contributed by atoms with Crippen LogP contribution in [0.1, 0.15) is 18.4 Å². The van der Waals surface area contributed by atoms with E-state index >= 15 is 0 Å². The third-order valence-electron chi connectivity index (χ3n) is 3.32. The zero-order valence-electron chi connectivity index (χ0n) is 11.6. The molecule has 0 bridgehead atoms. The number of nitriles is 1. The standard InChI is InChI=1S/C15H19N3O2/c1-18(13-6-7-13)9-8-17-15(19)11-20-14-5-3-2-4-12(14)10-16/h2-5,13H,6-9,11H2,1H3,(H,17,19). The van der Waals surface area contributed by atoms with Crippen LogP contribution in [0.15, 0.2) is 24.3 Å². The van der Waals surface area contributed by atoms with Crippen molar-refractivity contribution in [2.24, 2.45) is 0 Å². The molecular weight excluding hydrogens is 254 g/mol. The van der Waals surface area contributed by atoms with Crippen LogP contribution in [0.3, 0.4) is 0 Å². The molecule has 5 nitrogen and oxygen atoms in total. The number of para-hydroxylation sites is 1. The Hall–Kier alpha value is -2.06. The van der Waals surface area contributed by atoms with E-state index in [2.05, 4.69) is 17.3 Å². The molecule has 1 aromatic rings. The Morgan fingerprint density at radius 3 is 2.95 bits per heavy atom. The molecule has 0 aliphatic heterocycles. The van der Waals surface area contributed by atoms with Gasteiger partial charge in [0.25, 0.3) is 5.91 Å². The Morgan fingerprint density at radius 2 is 2.25 bits per heavy atom. The fourth-order valence-corrected chi connectivity index (χ4v) is 1.95. The number of carbonyl (C=O) groups excluding carboxylic acids is 1. The maximum atomic E-state index is 11.6. The normalized spacial score (nSPS) is 13.8. The highest BCUT2D eigenvalue weighted by atomic mass is 16.5. The van der Waals surface area contributed by atoms with E-state index in [1.807, 2.05) is 6.07 Å². The molecule has 0 saturated heterocycles. The van der Waals surface area contributed by atoms with Crippen LogP contribution < -0.4 is 10.1 Å². The highest BCUT2D eigenvalue weighted by Crippen LogP contribution is 2.24. The molecule has 1 aliphatic carbocycles. The fraction of sp³-hybridized carbons (Fsp3) is 0.467. The first kappa shape index (κ1) is 14.4. The van der Waals surface area contributed by atoms with Crippen LogP contribution >= 0.6 is 0 Å². The van der Waals surface area contributed by atoms with Crippen LogP contribution in [-0.2, 0) is 4.79 Å². The Morgan fingerprint density at radius 1 is 1.50 bits per heavy atom. The number of benzene rings is 1. The van der Waals surface area contributed by atoms with Crippen LogP contribution in [0, 0.1) is 11.3 Å². The van der Waals surface area contributed by atoms with Crippen molar-refractivity contribution >= 4 is 5.91 Å². The van der Waals surface area contributed by atoms with E-state index in [9.17, 15) is 4.79 Å². The summed E-state index contributed by atoms with van der Waals surface area (Å²) in [7, 11) is 2.07. The second-order valence-electron chi connectivity index (χ2n) is 4.96. The molecule has 1 fully saturated rings. The number of carbonyl (C=O) groups is 1. The smallest absolute Gasteiger partial charge is 0.257 e. The number of hydrogen-bond acceptors (Lipinski definition) is 4. The van der Waals surface area contributed by atoms with Crippen molar-refractivity contribution in [1.82, 2.24) is 10.2 Å². The summed E-state index contributed by atoms with van der Waals surface area (Å²) in [6.45, 7) is 1.41. The maximum Gasteiger partial charge on any atom is 0.257 e. The summed E-state index contributed by atoms with van der Waals surface area (Å²) in [5.41, 5.74) is 0.439. The molecule has 0 heterocycles. The van der Waals surface area contributed by atoms with Gasteiger partial charge >= 0.3 is 0 Å². The van der Waals surface area contributed by atoms with Crippen LogP contribution in [0.4, 0.5) is 0 Å². The zero-order valence-corrected chi connectivity index (χ0v) is 11.6. The van der Waals surface area contributed by atoms with Gasteiger partial charge < -0.3 is 15.0 Å². The van der Waals surface area contributed by atoms with Gasteiger partial charge in [-0.15, -0.1) is 0 Å². The number of rotatable bonds is 7. The lowest BCUT2D eigenvalue weighted by Gasteiger charge is -2.15. The first-order chi connectivity index (χ1) is 9.70. The molecule has 1 amide bonds. The molecule has 1 N–H and O–H groups in total. The summed E-state index contributed by atoms with van der Waals surface area (Å²) < 4.78 is 5.36.